The summed E-state index contributed by atoms with van der Waals surface area (Å²) >= 11 is 0. The Labute approximate surface area is 140 Å². The van der Waals surface area contributed by atoms with Gasteiger partial charge in [0.1, 0.15) is 0 Å². The van der Waals surface area contributed by atoms with Gasteiger partial charge in [-0.2, -0.15) is 0 Å². The Hall–Kier alpha value is -3.19. The van der Waals surface area contributed by atoms with Crippen LogP contribution in [-0.4, -0.2) is 5.78 Å². The summed E-state index contributed by atoms with van der Waals surface area (Å²) in [6.45, 7) is 0. The first-order valence-corrected chi connectivity index (χ1v) is 8.00. The minimum atomic E-state index is 0.0221. The molecule has 4 rings (SSSR count). The SMILES string of the molecule is O=C(C=Cc1ccc2ccccc2c1)c1ccc2ccccc2c1. The Bertz CT molecular complexity index is 1070. The molecule has 0 unspecified atom stereocenters. The molecule has 1 heteroatoms. The highest BCUT2D eigenvalue weighted by Crippen LogP contribution is 2.18. The topological polar surface area (TPSA) is 17.1 Å². The first-order chi connectivity index (χ1) is 11.8. The third-order valence-electron chi connectivity index (χ3n) is 4.23. The van der Waals surface area contributed by atoms with E-state index in [9.17, 15) is 4.79 Å². The summed E-state index contributed by atoms with van der Waals surface area (Å²) < 4.78 is 0. The van der Waals surface area contributed by atoms with Gasteiger partial charge < -0.3 is 0 Å². The van der Waals surface area contributed by atoms with E-state index in [0.717, 1.165) is 16.3 Å². The molecule has 0 fully saturated rings. The maximum absolute atomic E-state index is 12.4. The Morgan fingerprint density at radius 1 is 0.625 bits per heavy atom. The number of hydrogen-bond donors (Lipinski definition) is 0. The zero-order chi connectivity index (χ0) is 16.4. The maximum Gasteiger partial charge on any atom is 0.185 e. The standard InChI is InChI=1S/C23H16O/c24-23(22-13-12-19-6-2-4-8-21(19)16-22)14-10-17-9-11-18-5-1-3-7-20(18)15-17/h1-16H. The molecule has 24 heavy (non-hydrogen) atoms. The van der Waals surface area contributed by atoms with Gasteiger partial charge in [-0.25, -0.2) is 0 Å². The first kappa shape index (κ1) is 14.4. The molecule has 0 saturated carbocycles. The number of fused-ring (bicyclic) bond motifs is 2. The zero-order valence-corrected chi connectivity index (χ0v) is 13.1. The average molecular weight is 308 g/mol. The molecule has 0 amide bonds. The average Bonchev–Trinajstić information content (AvgIpc) is 2.65. The first-order valence-electron chi connectivity index (χ1n) is 8.00. The van der Waals surface area contributed by atoms with Crippen molar-refractivity contribution in [2.45, 2.75) is 0 Å². The van der Waals surface area contributed by atoms with Gasteiger partial charge in [-0.3, -0.25) is 4.79 Å². The van der Waals surface area contributed by atoms with E-state index < -0.39 is 0 Å². The van der Waals surface area contributed by atoms with Crippen LogP contribution < -0.4 is 0 Å². The maximum atomic E-state index is 12.4. The molecule has 0 atom stereocenters. The Morgan fingerprint density at radius 3 is 1.92 bits per heavy atom. The van der Waals surface area contributed by atoms with Gasteiger partial charge in [0.2, 0.25) is 0 Å². The lowest BCUT2D eigenvalue weighted by Gasteiger charge is -2.01. The van der Waals surface area contributed by atoms with E-state index in [-0.39, 0.29) is 5.78 Å². The molecule has 0 saturated heterocycles. The molecule has 0 bridgehead atoms. The molecule has 114 valence electrons. The van der Waals surface area contributed by atoms with Gasteiger partial charge >= 0.3 is 0 Å². The van der Waals surface area contributed by atoms with Crippen LogP contribution in [0.5, 0.6) is 0 Å². The largest absolute Gasteiger partial charge is 0.289 e. The Kier molecular flexibility index (Phi) is 3.68. The molecule has 0 aromatic heterocycles. The van der Waals surface area contributed by atoms with Crippen molar-refractivity contribution in [3.05, 3.63) is 102 Å². The van der Waals surface area contributed by atoms with Gasteiger partial charge in [-0.1, -0.05) is 78.9 Å². The second-order valence-electron chi connectivity index (χ2n) is 5.87. The second kappa shape index (κ2) is 6.13. The van der Waals surface area contributed by atoms with E-state index in [4.69, 9.17) is 0 Å². The molecule has 0 spiro atoms. The van der Waals surface area contributed by atoms with Crippen molar-refractivity contribution >= 4 is 33.4 Å². The van der Waals surface area contributed by atoms with Crippen molar-refractivity contribution < 1.29 is 4.79 Å². The highest BCUT2D eigenvalue weighted by Gasteiger charge is 2.03. The van der Waals surface area contributed by atoms with Gasteiger partial charge in [0, 0.05) is 5.56 Å². The molecule has 0 heterocycles. The Morgan fingerprint density at radius 2 is 1.21 bits per heavy atom. The smallest absolute Gasteiger partial charge is 0.185 e. The molecule has 0 N–H and O–H groups in total. The predicted octanol–water partition coefficient (Wildman–Crippen LogP) is 5.89. The van der Waals surface area contributed by atoms with Crippen LogP contribution in [0, 0.1) is 0 Å². The highest BCUT2D eigenvalue weighted by molar-refractivity contribution is 6.08. The van der Waals surface area contributed by atoms with Crippen molar-refractivity contribution in [1.82, 2.24) is 0 Å². The van der Waals surface area contributed by atoms with Gasteiger partial charge in [-0.05, 0) is 45.3 Å². The van der Waals surface area contributed by atoms with Gasteiger partial charge in [0.05, 0.1) is 0 Å². The fourth-order valence-electron chi connectivity index (χ4n) is 2.92. The van der Waals surface area contributed by atoms with E-state index >= 15 is 0 Å². The number of allylic oxidation sites excluding steroid dienone is 1. The van der Waals surface area contributed by atoms with Crippen LogP contribution >= 0.6 is 0 Å². The lowest BCUT2D eigenvalue weighted by molar-refractivity contribution is 0.104. The number of carbonyl (C=O) groups is 1. The molecule has 4 aromatic rings. The molecular formula is C23H16O. The van der Waals surface area contributed by atoms with Crippen LogP contribution in [0.25, 0.3) is 27.6 Å². The van der Waals surface area contributed by atoms with Crippen LogP contribution in [0.2, 0.25) is 0 Å². The molecule has 0 radical (unpaired) electrons. The van der Waals surface area contributed by atoms with Gasteiger partial charge in [0.25, 0.3) is 0 Å². The lowest BCUT2D eigenvalue weighted by Crippen LogP contribution is -1.93. The molecule has 1 nitrogen and oxygen atoms in total. The minimum Gasteiger partial charge on any atom is -0.289 e. The fourth-order valence-corrected chi connectivity index (χ4v) is 2.92. The normalized spacial score (nSPS) is 11.3. The summed E-state index contributed by atoms with van der Waals surface area (Å²) in [7, 11) is 0. The highest BCUT2D eigenvalue weighted by atomic mass is 16.1. The minimum absolute atomic E-state index is 0.0221. The number of benzene rings is 4. The van der Waals surface area contributed by atoms with Crippen LogP contribution in [0.4, 0.5) is 0 Å². The number of rotatable bonds is 3. The zero-order valence-electron chi connectivity index (χ0n) is 13.1. The number of hydrogen-bond acceptors (Lipinski definition) is 1. The molecule has 0 aliphatic rings. The summed E-state index contributed by atoms with van der Waals surface area (Å²) in [6.07, 6.45) is 3.53. The van der Waals surface area contributed by atoms with Crippen molar-refractivity contribution in [1.29, 1.82) is 0 Å². The predicted molar refractivity (Wildman–Crippen MR) is 101 cm³/mol. The molecular weight excluding hydrogens is 292 g/mol. The van der Waals surface area contributed by atoms with Crippen LogP contribution in [0.3, 0.4) is 0 Å². The third-order valence-corrected chi connectivity index (χ3v) is 4.23. The van der Waals surface area contributed by atoms with Crippen LogP contribution in [0.15, 0.2) is 91.0 Å². The quantitative estimate of drug-likeness (QED) is 0.341. The van der Waals surface area contributed by atoms with E-state index in [2.05, 4.69) is 30.3 Å². The van der Waals surface area contributed by atoms with E-state index in [1.165, 1.54) is 10.8 Å². The van der Waals surface area contributed by atoms with Crippen molar-refractivity contribution in [3.63, 3.8) is 0 Å². The van der Waals surface area contributed by atoms with E-state index in [1.807, 2.05) is 60.7 Å². The summed E-state index contributed by atoms with van der Waals surface area (Å²) in [5, 5.41) is 4.61. The summed E-state index contributed by atoms with van der Waals surface area (Å²) in [5.41, 5.74) is 1.74. The summed E-state index contributed by atoms with van der Waals surface area (Å²) in [6, 6.07) is 28.3. The monoisotopic (exact) mass is 308 g/mol. The molecule has 4 aromatic carbocycles. The van der Waals surface area contributed by atoms with Crippen molar-refractivity contribution in [2.75, 3.05) is 0 Å². The lowest BCUT2D eigenvalue weighted by atomic mass is 10.0. The number of ketones is 1. The van der Waals surface area contributed by atoms with Gasteiger partial charge in [-0.15, -0.1) is 0 Å². The summed E-state index contributed by atoms with van der Waals surface area (Å²) in [5.74, 6) is 0.0221. The second-order valence-corrected chi connectivity index (χ2v) is 5.87. The van der Waals surface area contributed by atoms with E-state index in [0.29, 0.717) is 5.56 Å². The van der Waals surface area contributed by atoms with E-state index in [1.54, 1.807) is 6.08 Å². The molecule has 0 aliphatic carbocycles. The fraction of sp³-hybridized carbons (Fsp3) is 0. The van der Waals surface area contributed by atoms with Crippen LogP contribution in [-0.2, 0) is 0 Å². The molecule has 0 aliphatic heterocycles. The van der Waals surface area contributed by atoms with Crippen molar-refractivity contribution in [2.24, 2.45) is 0 Å². The number of carbonyl (C=O) groups excluding carboxylic acids is 1. The summed E-state index contributed by atoms with van der Waals surface area (Å²) in [4.78, 5) is 12.4. The van der Waals surface area contributed by atoms with Crippen molar-refractivity contribution in [3.8, 4) is 0 Å². The van der Waals surface area contributed by atoms with Crippen LogP contribution in [0.1, 0.15) is 15.9 Å². The van der Waals surface area contributed by atoms with Gasteiger partial charge in [0.15, 0.2) is 5.78 Å². The third kappa shape index (κ3) is 2.84. The Balaban J connectivity index is 1.62.